The van der Waals surface area contributed by atoms with Crippen LogP contribution in [-0.2, 0) is 4.79 Å². The maximum absolute atomic E-state index is 12.1. The van der Waals surface area contributed by atoms with Crippen LogP contribution in [-0.4, -0.2) is 30.3 Å². The molecule has 2 rings (SSSR count). The van der Waals surface area contributed by atoms with Gasteiger partial charge in [0.05, 0.1) is 19.3 Å². The van der Waals surface area contributed by atoms with Crippen molar-refractivity contribution in [3.05, 3.63) is 35.9 Å². The molecule has 4 heteroatoms. The zero-order valence-corrected chi connectivity index (χ0v) is 12.6. The zero-order chi connectivity index (χ0) is 15.2. The van der Waals surface area contributed by atoms with Crippen molar-refractivity contribution in [2.24, 2.45) is 0 Å². The van der Waals surface area contributed by atoms with Gasteiger partial charge in [-0.05, 0) is 31.4 Å². The van der Waals surface area contributed by atoms with Gasteiger partial charge < -0.3 is 15.2 Å². The number of aliphatic hydroxyl groups is 1. The number of methoxy groups -OCH3 is 1. The van der Waals surface area contributed by atoms with Crippen LogP contribution >= 0.6 is 0 Å². The summed E-state index contributed by atoms with van der Waals surface area (Å²) in [6.45, 7) is 1.88. The summed E-state index contributed by atoms with van der Waals surface area (Å²) in [5, 5.41) is 12.8. The van der Waals surface area contributed by atoms with E-state index in [1.165, 1.54) is 0 Å². The summed E-state index contributed by atoms with van der Waals surface area (Å²) < 4.78 is 5.30. The lowest BCUT2D eigenvalue weighted by atomic mass is 9.92. The summed E-state index contributed by atoms with van der Waals surface area (Å²) in [7, 11) is 1.62. The van der Waals surface area contributed by atoms with Crippen molar-refractivity contribution in [2.45, 2.75) is 44.8 Å². The van der Waals surface area contributed by atoms with Gasteiger partial charge in [0, 0.05) is 11.6 Å². The lowest BCUT2D eigenvalue weighted by Gasteiger charge is -2.27. The number of hydrogen-bond donors (Lipinski definition) is 2. The largest absolute Gasteiger partial charge is 0.496 e. The van der Waals surface area contributed by atoms with Gasteiger partial charge in [-0.25, -0.2) is 0 Å². The second-order valence-electron chi connectivity index (χ2n) is 5.49. The van der Waals surface area contributed by atoms with E-state index < -0.39 is 6.10 Å². The molecule has 1 aliphatic carbocycles. The third-order valence-corrected chi connectivity index (χ3v) is 3.94. The van der Waals surface area contributed by atoms with Gasteiger partial charge in [-0.3, -0.25) is 4.79 Å². The molecule has 1 aromatic carbocycles. The Morgan fingerprint density at radius 1 is 1.33 bits per heavy atom. The van der Waals surface area contributed by atoms with Crippen LogP contribution < -0.4 is 10.1 Å². The summed E-state index contributed by atoms with van der Waals surface area (Å²) >= 11 is 0. The molecule has 1 aliphatic rings. The summed E-state index contributed by atoms with van der Waals surface area (Å²) in [5.41, 5.74) is 1.74. The Hall–Kier alpha value is -1.81. The molecule has 2 N–H and O–H groups in total. The number of para-hydroxylation sites is 1. The van der Waals surface area contributed by atoms with E-state index in [0.29, 0.717) is 0 Å². The van der Waals surface area contributed by atoms with E-state index in [4.69, 9.17) is 4.74 Å². The minimum atomic E-state index is -0.428. The molecule has 0 saturated heterocycles. The summed E-state index contributed by atoms with van der Waals surface area (Å²) in [6, 6.07) is 7.47. The van der Waals surface area contributed by atoms with Crippen LogP contribution in [0.5, 0.6) is 5.75 Å². The molecule has 0 spiro atoms. The normalized spacial score (nSPS) is 22.7. The van der Waals surface area contributed by atoms with E-state index in [-0.39, 0.29) is 11.9 Å². The first-order valence-corrected chi connectivity index (χ1v) is 7.42. The number of nitrogens with one attached hydrogen (secondary N) is 1. The van der Waals surface area contributed by atoms with Crippen molar-refractivity contribution >= 4 is 11.5 Å². The number of benzene rings is 1. The molecule has 1 fully saturated rings. The van der Waals surface area contributed by atoms with Crippen molar-refractivity contribution in [1.29, 1.82) is 0 Å². The van der Waals surface area contributed by atoms with Gasteiger partial charge in [-0.15, -0.1) is 0 Å². The van der Waals surface area contributed by atoms with Crippen molar-refractivity contribution in [3.63, 3.8) is 0 Å². The molecule has 2 atom stereocenters. The van der Waals surface area contributed by atoms with Crippen LogP contribution in [0.2, 0.25) is 0 Å². The molecule has 0 bridgehead atoms. The highest BCUT2D eigenvalue weighted by Crippen LogP contribution is 2.25. The monoisotopic (exact) mass is 289 g/mol. The van der Waals surface area contributed by atoms with E-state index in [9.17, 15) is 9.90 Å². The van der Waals surface area contributed by atoms with Gasteiger partial charge in [0.15, 0.2) is 0 Å². The maximum atomic E-state index is 12.1. The molecule has 1 amide bonds. The number of rotatable bonds is 4. The van der Waals surface area contributed by atoms with Crippen LogP contribution in [0.25, 0.3) is 5.57 Å². The number of allylic oxidation sites excluding steroid dienone is 1. The number of aliphatic hydroxyl groups excluding tert-OH is 1. The molecule has 0 aliphatic heterocycles. The second kappa shape index (κ2) is 7.27. The highest BCUT2D eigenvalue weighted by molar-refractivity contribution is 5.95. The fraction of sp³-hybridized carbons (Fsp3) is 0.471. The molecular weight excluding hydrogens is 266 g/mol. The fourth-order valence-electron chi connectivity index (χ4n) is 2.75. The Bertz CT molecular complexity index is 525. The van der Waals surface area contributed by atoms with E-state index >= 15 is 0 Å². The van der Waals surface area contributed by atoms with Gasteiger partial charge >= 0.3 is 0 Å². The molecule has 0 heterocycles. The molecular formula is C17H23NO3. The third-order valence-electron chi connectivity index (χ3n) is 3.94. The van der Waals surface area contributed by atoms with Crippen molar-refractivity contribution in [3.8, 4) is 5.75 Å². The first-order valence-electron chi connectivity index (χ1n) is 7.42. The molecule has 0 aromatic heterocycles. The van der Waals surface area contributed by atoms with E-state index in [2.05, 4.69) is 5.32 Å². The number of amides is 1. The molecule has 4 nitrogen and oxygen atoms in total. The summed E-state index contributed by atoms with van der Waals surface area (Å²) in [5.74, 6) is 0.584. The third kappa shape index (κ3) is 4.08. The van der Waals surface area contributed by atoms with Gasteiger partial charge in [0.25, 0.3) is 0 Å². The van der Waals surface area contributed by atoms with Crippen molar-refractivity contribution in [1.82, 2.24) is 5.32 Å². The maximum Gasteiger partial charge on any atom is 0.244 e. The lowest BCUT2D eigenvalue weighted by Crippen LogP contribution is -2.44. The SMILES string of the molecule is COc1ccccc1/C(C)=C/C(=O)NC1CCCCC1O. The van der Waals surface area contributed by atoms with Crippen LogP contribution in [0.1, 0.15) is 38.2 Å². The van der Waals surface area contributed by atoms with E-state index in [0.717, 1.165) is 42.6 Å². The molecule has 0 radical (unpaired) electrons. The minimum absolute atomic E-state index is 0.132. The highest BCUT2D eigenvalue weighted by atomic mass is 16.5. The average Bonchev–Trinajstić information content (AvgIpc) is 2.49. The van der Waals surface area contributed by atoms with Gasteiger partial charge in [0.1, 0.15) is 5.75 Å². The Balaban J connectivity index is 2.05. The number of carbonyl (C=O) groups is 1. The first-order chi connectivity index (χ1) is 10.1. The van der Waals surface area contributed by atoms with Crippen LogP contribution in [0.15, 0.2) is 30.3 Å². The summed E-state index contributed by atoms with van der Waals surface area (Å²) in [4.78, 5) is 12.1. The number of carbonyl (C=O) groups excluding carboxylic acids is 1. The Kier molecular flexibility index (Phi) is 5.39. The highest BCUT2D eigenvalue weighted by Gasteiger charge is 2.23. The number of ether oxygens (including phenoxy) is 1. The summed E-state index contributed by atoms with van der Waals surface area (Å²) in [6.07, 6.45) is 4.83. The fourth-order valence-corrected chi connectivity index (χ4v) is 2.75. The van der Waals surface area contributed by atoms with Gasteiger partial charge in [-0.2, -0.15) is 0 Å². The molecule has 1 saturated carbocycles. The Morgan fingerprint density at radius 3 is 2.76 bits per heavy atom. The molecule has 21 heavy (non-hydrogen) atoms. The minimum Gasteiger partial charge on any atom is -0.496 e. The quantitative estimate of drug-likeness (QED) is 0.837. The second-order valence-corrected chi connectivity index (χ2v) is 5.49. The Labute approximate surface area is 125 Å². The van der Waals surface area contributed by atoms with Gasteiger partial charge in [-0.1, -0.05) is 31.0 Å². The topological polar surface area (TPSA) is 58.6 Å². The molecule has 114 valence electrons. The standard InChI is InChI=1S/C17H23NO3/c1-12(13-7-3-6-10-16(13)21-2)11-17(20)18-14-8-4-5-9-15(14)19/h3,6-7,10-11,14-15,19H,4-5,8-9H2,1-2H3,(H,18,20)/b12-11+. The number of hydrogen-bond acceptors (Lipinski definition) is 3. The van der Waals surface area contributed by atoms with E-state index in [1.54, 1.807) is 13.2 Å². The van der Waals surface area contributed by atoms with Crippen LogP contribution in [0, 0.1) is 0 Å². The van der Waals surface area contributed by atoms with E-state index in [1.807, 2.05) is 31.2 Å². The molecule has 2 unspecified atom stereocenters. The van der Waals surface area contributed by atoms with Gasteiger partial charge in [0.2, 0.25) is 5.91 Å². The lowest BCUT2D eigenvalue weighted by molar-refractivity contribution is -0.118. The predicted octanol–water partition coefficient (Wildman–Crippen LogP) is 2.52. The molecule has 1 aromatic rings. The first kappa shape index (κ1) is 15.6. The predicted molar refractivity (Wildman–Crippen MR) is 83.1 cm³/mol. The van der Waals surface area contributed by atoms with Crippen LogP contribution in [0.3, 0.4) is 0 Å². The zero-order valence-electron chi connectivity index (χ0n) is 12.6. The smallest absolute Gasteiger partial charge is 0.244 e. The average molecular weight is 289 g/mol. The van der Waals surface area contributed by atoms with Crippen molar-refractivity contribution in [2.75, 3.05) is 7.11 Å². The van der Waals surface area contributed by atoms with Crippen LogP contribution in [0.4, 0.5) is 0 Å². The van der Waals surface area contributed by atoms with Crippen molar-refractivity contribution < 1.29 is 14.6 Å². The Morgan fingerprint density at radius 2 is 2.05 bits per heavy atom.